The fraction of sp³-hybridized carbons (Fsp3) is 0.438. The molecule has 2 heterocycles. The molecule has 0 bridgehead atoms. The molecule has 3 rings (SSSR count). The summed E-state index contributed by atoms with van der Waals surface area (Å²) in [5.41, 5.74) is 0.801. The Morgan fingerprint density at radius 2 is 2.30 bits per heavy atom. The summed E-state index contributed by atoms with van der Waals surface area (Å²) in [6.45, 7) is 3.27. The number of benzene rings is 1. The van der Waals surface area contributed by atoms with Crippen LogP contribution in [-0.2, 0) is 4.79 Å². The molecule has 0 saturated carbocycles. The molecule has 1 amide bonds. The van der Waals surface area contributed by atoms with Crippen LogP contribution in [0.15, 0.2) is 28.8 Å². The Balaban J connectivity index is 1.92. The summed E-state index contributed by atoms with van der Waals surface area (Å²) in [6.07, 6.45) is 0.829. The summed E-state index contributed by atoms with van der Waals surface area (Å²) in [7, 11) is 1.60. The van der Waals surface area contributed by atoms with E-state index in [1.165, 1.54) is 0 Å². The molecule has 1 aliphatic rings. The number of aryl methyl sites for hydroxylation is 1. The number of hydrogen-bond donors (Lipinski definition) is 2. The summed E-state index contributed by atoms with van der Waals surface area (Å²) in [6, 6.07) is 7.00. The first-order valence-corrected chi connectivity index (χ1v) is 7.63. The number of nitrogens with zero attached hydrogens (tertiary/aromatic N) is 2. The van der Waals surface area contributed by atoms with Crippen LogP contribution >= 0.6 is 0 Å². The van der Waals surface area contributed by atoms with Crippen molar-refractivity contribution < 1.29 is 14.1 Å². The zero-order valence-electron chi connectivity index (χ0n) is 13.2. The minimum atomic E-state index is -0.503. The normalized spacial score (nSPS) is 18.6. The molecule has 0 unspecified atom stereocenters. The van der Waals surface area contributed by atoms with Crippen LogP contribution in [0.3, 0.4) is 0 Å². The molecule has 7 nitrogen and oxygen atoms in total. The first-order valence-electron chi connectivity index (χ1n) is 7.63. The molecular formula is C16H20N4O3. The third-order valence-electron chi connectivity index (χ3n) is 3.97. The first kappa shape index (κ1) is 15.5. The Morgan fingerprint density at radius 3 is 2.96 bits per heavy atom. The van der Waals surface area contributed by atoms with E-state index in [0.29, 0.717) is 24.0 Å². The maximum absolute atomic E-state index is 12.5. The predicted octanol–water partition coefficient (Wildman–Crippen LogP) is 1.20. The quantitative estimate of drug-likeness (QED) is 0.861. The van der Waals surface area contributed by atoms with Crippen LogP contribution in [-0.4, -0.2) is 36.2 Å². The smallest absolute Gasteiger partial charge is 0.225 e. The second-order valence-electron chi connectivity index (χ2n) is 5.54. The van der Waals surface area contributed by atoms with Gasteiger partial charge in [0.2, 0.25) is 11.8 Å². The predicted molar refractivity (Wildman–Crippen MR) is 83.0 cm³/mol. The van der Waals surface area contributed by atoms with E-state index in [1.54, 1.807) is 14.0 Å². The van der Waals surface area contributed by atoms with Crippen LogP contribution in [0.25, 0.3) is 0 Å². The van der Waals surface area contributed by atoms with Crippen LogP contribution in [0.5, 0.6) is 5.75 Å². The molecule has 0 radical (unpaired) electrons. The minimum Gasteiger partial charge on any atom is -0.496 e. The number of nitrogens with one attached hydrogen (secondary N) is 2. The van der Waals surface area contributed by atoms with Gasteiger partial charge >= 0.3 is 0 Å². The molecule has 7 heteroatoms. The highest BCUT2D eigenvalue weighted by Gasteiger charge is 2.29. The molecule has 0 spiro atoms. The number of para-hydroxylation sites is 1. The Morgan fingerprint density at radius 1 is 1.48 bits per heavy atom. The lowest BCUT2D eigenvalue weighted by atomic mass is 10.0. The van der Waals surface area contributed by atoms with E-state index in [9.17, 15) is 4.79 Å². The minimum absolute atomic E-state index is 0.0200. The maximum Gasteiger partial charge on any atom is 0.225 e. The maximum atomic E-state index is 12.5. The van der Waals surface area contributed by atoms with Gasteiger partial charge in [0.1, 0.15) is 11.8 Å². The highest BCUT2D eigenvalue weighted by atomic mass is 16.5. The van der Waals surface area contributed by atoms with Crippen LogP contribution in [0.2, 0.25) is 0 Å². The number of rotatable bonds is 5. The van der Waals surface area contributed by atoms with Gasteiger partial charge in [-0.05, 0) is 19.0 Å². The second kappa shape index (κ2) is 6.78. The van der Waals surface area contributed by atoms with Crippen molar-refractivity contribution in [2.24, 2.45) is 5.92 Å². The van der Waals surface area contributed by atoms with Crippen molar-refractivity contribution in [1.82, 2.24) is 20.8 Å². The Bertz CT molecular complexity index is 679. The lowest BCUT2D eigenvalue weighted by Crippen LogP contribution is -2.36. The fourth-order valence-corrected chi connectivity index (χ4v) is 2.76. The van der Waals surface area contributed by atoms with Gasteiger partial charge < -0.3 is 19.9 Å². The number of ether oxygens (including phenoxy) is 1. The molecule has 122 valence electrons. The van der Waals surface area contributed by atoms with Gasteiger partial charge in [-0.2, -0.15) is 4.98 Å². The van der Waals surface area contributed by atoms with Crippen LogP contribution in [0, 0.1) is 12.8 Å². The third-order valence-corrected chi connectivity index (χ3v) is 3.97. The SMILES string of the molecule is COc1ccccc1[C@@H](NC(=O)[C@@H]1CCNC1)c1noc(C)n1. The van der Waals surface area contributed by atoms with Crippen molar-refractivity contribution in [1.29, 1.82) is 0 Å². The van der Waals surface area contributed by atoms with Crippen LogP contribution in [0.1, 0.15) is 29.7 Å². The number of carbonyl (C=O) groups is 1. The number of carbonyl (C=O) groups excluding carboxylic acids is 1. The number of aromatic nitrogens is 2. The summed E-state index contributed by atoms with van der Waals surface area (Å²) < 4.78 is 10.5. The monoisotopic (exact) mass is 316 g/mol. The molecule has 1 aromatic heterocycles. The van der Waals surface area contributed by atoms with E-state index in [0.717, 1.165) is 18.5 Å². The Hall–Kier alpha value is -2.41. The molecule has 1 aromatic carbocycles. The molecule has 23 heavy (non-hydrogen) atoms. The van der Waals surface area contributed by atoms with Gasteiger partial charge in [-0.3, -0.25) is 4.79 Å². The average Bonchev–Trinajstić information content (AvgIpc) is 3.24. The Kier molecular flexibility index (Phi) is 4.57. The standard InChI is InChI=1S/C16H20N4O3/c1-10-18-15(20-23-10)14(12-5-3-4-6-13(12)22-2)19-16(21)11-7-8-17-9-11/h3-6,11,14,17H,7-9H2,1-2H3,(H,19,21)/t11-,14-/m1/s1. The third kappa shape index (κ3) is 3.34. The molecule has 1 fully saturated rings. The molecular weight excluding hydrogens is 296 g/mol. The summed E-state index contributed by atoms with van der Waals surface area (Å²) >= 11 is 0. The van der Waals surface area contributed by atoms with Gasteiger partial charge in [-0.15, -0.1) is 0 Å². The summed E-state index contributed by atoms with van der Waals surface area (Å²) in [4.78, 5) is 16.8. The molecule has 0 aliphatic carbocycles. The molecule has 2 N–H and O–H groups in total. The van der Waals surface area contributed by atoms with Gasteiger partial charge in [0.05, 0.1) is 13.0 Å². The molecule has 2 aromatic rings. The number of methoxy groups -OCH3 is 1. The van der Waals surface area contributed by atoms with Crippen molar-refractivity contribution in [2.45, 2.75) is 19.4 Å². The summed E-state index contributed by atoms with van der Waals surface area (Å²) in [5, 5.41) is 10.2. The van der Waals surface area contributed by atoms with Crippen molar-refractivity contribution in [2.75, 3.05) is 20.2 Å². The average molecular weight is 316 g/mol. The van der Waals surface area contributed by atoms with Crippen molar-refractivity contribution in [3.8, 4) is 5.75 Å². The van der Waals surface area contributed by atoms with Crippen molar-refractivity contribution in [3.63, 3.8) is 0 Å². The lowest BCUT2D eigenvalue weighted by molar-refractivity contribution is -0.125. The topological polar surface area (TPSA) is 89.3 Å². The van der Waals surface area contributed by atoms with Gasteiger partial charge in [0, 0.05) is 19.0 Å². The summed E-state index contributed by atoms with van der Waals surface area (Å²) in [5.74, 6) is 1.49. The van der Waals surface area contributed by atoms with Crippen LogP contribution in [0.4, 0.5) is 0 Å². The van der Waals surface area contributed by atoms with E-state index in [-0.39, 0.29) is 11.8 Å². The van der Waals surface area contributed by atoms with E-state index in [2.05, 4.69) is 20.8 Å². The van der Waals surface area contributed by atoms with Gasteiger partial charge in [0.25, 0.3) is 0 Å². The first-order chi connectivity index (χ1) is 11.2. The molecule has 1 aliphatic heterocycles. The lowest BCUT2D eigenvalue weighted by Gasteiger charge is -2.20. The van der Waals surface area contributed by atoms with Crippen molar-refractivity contribution in [3.05, 3.63) is 41.5 Å². The van der Waals surface area contributed by atoms with Gasteiger partial charge in [-0.1, -0.05) is 23.4 Å². The zero-order valence-corrected chi connectivity index (χ0v) is 13.2. The highest BCUT2D eigenvalue weighted by Crippen LogP contribution is 2.29. The molecule has 2 atom stereocenters. The van der Waals surface area contributed by atoms with E-state index >= 15 is 0 Å². The van der Waals surface area contributed by atoms with Gasteiger partial charge in [0.15, 0.2) is 5.82 Å². The largest absolute Gasteiger partial charge is 0.496 e. The zero-order chi connectivity index (χ0) is 16.2. The van der Waals surface area contributed by atoms with Gasteiger partial charge in [-0.25, -0.2) is 0 Å². The fourth-order valence-electron chi connectivity index (χ4n) is 2.76. The highest BCUT2D eigenvalue weighted by molar-refractivity contribution is 5.80. The van der Waals surface area contributed by atoms with Crippen LogP contribution < -0.4 is 15.4 Å². The molecule has 1 saturated heterocycles. The van der Waals surface area contributed by atoms with E-state index in [4.69, 9.17) is 9.26 Å². The second-order valence-corrected chi connectivity index (χ2v) is 5.54. The Labute approximate surface area is 134 Å². The van der Waals surface area contributed by atoms with Crippen molar-refractivity contribution >= 4 is 5.91 Å². The van der Waals surface area contributed by atoms with E-state index in [1.807, 2.05) is 24.3 Å². The number of amides is 1. The number of hydrogen-bond acceptors (Lipinski definition) is 6. The van der Waals surface area contributed by atoms with E-state index < -0.39 is 6.04 Å².